The lowest BCUT2D eigenvalue weighted by Crippen LogP contribution is -2.22. The first-order valence-electron chi connectivity index (χ1n) is 7.75. The highest BCUT2D eigenvalue weighted by molar-refractivity contribution is 6.31. The van der Waals surface area contributed by atoms with Gasteiger partial charge >= 0.3 is 6.18 Å². The maximum atomic E-state index is 13.0. The lowest BCUT2D eigenvalue weighted by molar-refractivity contribution is -0.255. The summed E-state index contributed by atoms with van der Waals surface area (Å²) in [6.07, 6.45) is -4.63. The van der Waals surface area contributed by atoms with Gasteiger partial charge in [-0.25, -0.2) is 0 Å². The quantitative estimate of drug-likeness (QED) is 0.700. The van der Waals surface area contributed by atoms with Gasteiger partial charge in [0, 0.05) is 11.3 Å². The molecule has 0 bridgehead atoms. The number of anilines is 1. The van der Waals surface area contributed by atoms with Gasteiger partial charge in [0.2, 0.25) is 0 Å². The van der Waals surface area contributed by atoms with Crippen molar-refractivity contribution in [1.82, 2.24) is 0 Å². The summed E-state index contributed by atoms with van der Waals surface area (Å²) in [6.45, 7) is 0. The monoisotopic (exact) mass is 408 g/mol. The Morgan fingerprint density at radius 1 is 1.00 bits per heavy atom. The van der Waals surface area contributed by atoms with Crippen molar-refractivity contribution in [3.63, 3.8) is 0 Å². The van der Waals surface area contributed by atoms with Gasteiger partial charge in [-0.3, -0.25) is 4.79 Å². The van der Waals surface area contributed by atoms with E-state index in [4.69, 9.17) is 16.0 Å². The first-order valence-corrected chi connectivity index (χ1v) is 8.12. The molecular formula is C19H10ClF3NO4-. The molecule has 2 aromatic carbocycles. The normalized spacial score (nSPS) is 11.3. The Morgan fingerprint density at radius 2 is 1.68 bits per heavy atom. The molecule has 0 spiro atoms. The van der Waals surface area contributed by atoms with Gasteiger partial charge in [0.25, 0.3) is 5.91 Å². The molecule has 0 aliphatic carbocycles. The predicted molar refractivity (Wildman–Crippen MR) is 92.9 cm³/mol. The number of aromatic carboxylic acids is 1. The first-order chi connectivity index (χ1) is 13.1. The molecule has 0 fully saturated rings. The fraction of sp³-hybridized carbons (Fsp3) is 0.0526. The van der Waals surface area contributed by atoms with Crippen LogP contribution in [0.3, 0.4) is 0 Å². The molecule has 1 amide bonds. The summed E-state index contributed by atoms with van der Waals surface area (Å²) in [4.78, 5) is 22.9. The summed E-state index contributed by atoms with van der Waals surface area (Å²) in [5, 5.41) is 12.8. The highest BCUT2D eigenvalue weighted by Gasteiger charge is 2.33. The molecule has 0 radical (unpaired) electrons. The van der Waals surface area contributed by atoms with Crippen molar-refractivity contribution in [2.45, 2.75) is 6.18 Å². The number of benzene rings is 2. The fourth-order valence-corrected chi connectivity index (χ4v) is 2.62. The van der Waals surface area contributed by atoms with Gasteiger partial charge in [-0.05, 0) is 48.0 Å². The van der Waals surface area contributed by atoms with Gasteiger partial charge in [0.15, 0.2) is 5.76 Å². The average molecular weight is 409 g/mol. The minimum absolute atomic E-state index is 0.0542. The van der Waals surface area contributed by atoms with Crippen LogP contribution in [0.25, 0.3) is 11.3 Å². The molecule has 144 valence electrons. The molecule has 1 heterocycles. The molecule has 0 saturated carbocycles. The van der Waals surface area contributed by atoms with Crippen LogP contribution in [-0.4, -0.2) is 11.9 Å². The molecule has 0 aliphatic rings. The molecule has 28 heavy (non-hydrogen) atoms. The molecular weight excluding hydrogens is 399 g/mol. The third kappa shape index (κ3) is 4.17. The molecule has 1 N–H and O–H groups in total. The number of halogens is 4. The number of rotatable bonds is 4. The molecule has 0 unspecified atom stereocenters. The van der Waals surface area contributed by atoms with Crippen LogP contribution < -0.4 is 10.4 Å². The minimum Gasteiger partial charge on any atom is -0.545 e. The van der Waals surface area contributed by atoms with E-state index in [1.807, 2.05) is 0 Å². The maximum Gasteiger partial charge on any atom is 0.417 e. The molecule has 0 atom stereocenters. The van der Waals surface area contributed by atoms with Gasteiger partial charge in [0.1, 0.15) is 5.76 Å². The van der Waals surface area contributed by atoms with Crippen LogP contribution in [0.5, 0.6) is 0 Å². The topological polar surface area (TPSA) is 82.4 Å². The molecule has 0 saturated heterocycles. The van der Waals surface area contributed by atoms with Gasteiger partial charge < -0.3 is 19.6 Å². The number of carbonyl (C=O) groups is 2. The highest BCUT2D eigenvalue weighted by atomic mass is 35.5. The van der Waals surface area contributed by atoms with E-state index in [1.165, 1.54) is 42.5 Å². The van der Waals surface area contributed by atoms with Crippen molar-refractivity contribution in [3.05, 3.63) is 76.5 Å². The van der Waals surface area contributed by atoms with Gasteiger partial charge in [0.05, 0.1) is 16.6 Å². The van der Waals surface area contributed by atoms with Crippen molar-refractivity contribution in [2.75, 3.05) is 5.32 Å². The predicted octanol–water partition coefficient (Wildman–Crippen LogP) is 4.23. The summed E-state index contributed by atoms with van der Waals surface area (Å²) >= 11 is 5.59. The second kappa shape index (κ2) is 7.40. The van der Waals surface area contributed by atoms with Crippen LogP contribution in [0.15, 0.2) is 59.0 Å². The Bertz CT molecular complexity index is 1040. The molecule has 9 heteroatoms. The SMILES string of the molecule is O=C([O-])c1ccc(NC(=O)c2ccc(-c3ccc(Cl)c(C(F)(F)F)c3)o2)cc1. The summed E-state index contributed by atoms with van der Waals surface area (Å²) in [6, 6.07) is 11.2. The third-order valence-electron chi connectivity index (χ3n) is 3.76. The van der Waals surface area contributed by atoms with Crippen molar-refractivity contribution in [2.24, 2.45) is 0 Å². The molecule has 5 nitrogen and oxygen atoms in total. The van der Waals surface area contributed by atoms with E-state index in [-0.39, 0.29) is 22.6 Å². The number of alkyl halides is 3. The van der Waals surface area contributed by atoms with Crippen LogP contribution in [0, 0.1) is 0 Å². The zero-order valence-corrected chi connectivity index (χ0v) is 14.6. The second-order valence-electron chi connectivity index (χ2n) is 5.68. The summed E-state index contributed by atoms with van der Waals surface area (Å²) in [5.41, 5.74) is -0.656. The van der Waals surface area contributed by atoms with Gasteiger partial charge in [-0.1, -0.05) is 23.7 Å². The van der Waals surface area contributed by atoms with Crippen molar-refractivity contribution in [1.29, 1.82) is 0 Å². The smallest absolute Gasteiger partial charge is 0.417 e. The number of nitrogens with one attached hydrogen (secondary N) is 1. The van der Waals surface area contributed by atoms with Crippen LogP contribution in [-0.2, 0) is 6.18 Å². The van der Waals surface area contributed by atoms with E-state index in [2.05, 4.69) is 5.32 Å². The number of carboxylic acid groups (broad SMARTS) is 1. The van der Waals surface area contributed by atoms with E-state index in [9.17, 15) is 27.9 Å². The number of hydrogen-bond donors (Lipinski definition) is 1. The minimum atomic E-state index is -4.63. The Hall–Kier alpha value is -3.26. The summed E-state index contributed by atoms with van der Waals surface area (Å²) in [7, 11) is 0. The van der Waals surface area contributed by atoms with Gasteiger partial charge in [-0.15, -0.1) is 0 Å². The van der Waals surface area contributed by atoms with E-state index in [0.717, 1.165) is 12.1 Å². The van der Waals surface area contributed by atoms with E-state index < -0.39 is 28.6 Å². The van der Waals surface area contributed by atoms with Crippen LogP contribution in [0.2, 0.25) is 5.02 Å². The van der Waals surface area contributed by atoms with E-state index in [0.29, 0.717) is 5.69 Å². The zero-order valence-electron chi connectivity index (χ0n) is 13.8. The second-order valence-corrected chi connectivity index (χ2v) is 6.08. The lowest BCUT2D eigenvalue weighted by atomic mass is 10.1. The molecule has 3 rings (SSSR count). The van der Waals surface area contributed by atoms with Crippen LogP contribution >= 0.6 is 11.6 Å². The van der Waals surface area contributed by atoms with Crippen molar-refractivity contribution in [3.8, 4) is 11.3 Å². The maximum absolute atomic E-state index is 13.0. The number of amides is 1. The highest BCUT2D eigenvalue weighted by Crippen LogP contribution is 2.37. The Kier molecular flexibility index (Phi) is 5.15. The number of carbonyl (C=O) groups excluding carboxylic acids is 2. The molecule has 3 aromatic rings. The molecule has 0 aliphatic heterocycles. The van der Waals surface area contributed by atoms with Crippen LogP contribution in [0.4, 0.5) is 18.9 Å². The third-order valence-corrected chi connectivity index (χ3v) is 4.09. The Morgan fingerprint density at radius 3 is 2.29 bits per heavy atom. The zero-order chi connectivity index (χ0) is 20.5. The van der Waals surface area contributed by atoms with Gasteiger partial charge in [-0.2, -0.15) is 13.2 Å². The Labute approximate surface area is 161 Å². The van der Waals surface area contributed by atoms with E-state index in [1.54, 1.807) is 0 Å². The van der Waals surface area contributed by atoms with Crippen molar-refractivity contribution >= 4 is 29.2 Å². The largest absolute Gasteiger partial charge is 0.545 e. The fourth-order valence-electron chi connectivity index (χ4n) is 2.39. The standard InChI is InChI=1S/C19H11ClF3NO4/c20-14-6-3-11(9-13(14)19(21,22)23)15-7-8-16(28-15)17(25)24-12-4-1-10(2-5-12)18(26)27/h1-9H,(H,24,25)(H,26,27)/p-1. The van der Waals surface area contributed by atoms with Crippen LogP contribution in [0.1, 0.15) is 26.5 Å². The number of furan rings is 1. The number of carboxylic acids is 1. The lowest BCUT2D eigenvalue weighted by Gasteiger charge is -2.10. The first kappa shape index (κ1) is 19.5. The van der Waals surface area contributed by atoms with Crippen molar-refractivity contribution < 1.29 is 32.3 Å². The summed E-state index contributed by atoms with van der Waals surface area (Å²) < 4.78 is 44.3. The van der Waals surface area contributed by atoms with E-state index >= 15 is 0 Å². The average Bonchev–Trinajstić information content (AvgIpc) is 3.12. The molecule has 1 aromatic heterocycles. The number of hydrogen-bond acceptors (Lipinski definition) is 4. The Balaban J connectivity index is 1.80. The summed E-state index contributed by atoms with van der Waals surface area (Å²) in [5.74, 6) is -2.09.